The predicted molar refractivity (Wildman–Crippen MR) is 80.0 cm³/mol. The molecule has 6 nitrogen and oxygen atoms in total. The van der Waals surface area contributed by atoms with Crippen LogP contribution >= 0.6 is 11.3 Å². The van der Waals surface area contributed by atoms with Crippen molar-refractivity contribution in [2.24, 2.45) is 0 Å². The Balaban J connectivity index is 1.97. The zero-order valence-corrected chi connectivity index (χ0v) is 12.4. The third-order valence-electron chi connectivity index (χ3n) is 3.10. The summed E-state index contributed by atoms with van der Waals surface area (Å²) in [5.74, 6) is 0.232. The van der Waals surface area contributed by atoms with Gasteiger partial charge in [-0.3, -0.25) is 4.79 Å². The fraction of sp³-hybridized carbons (Fsp3) is 0.143. The van der Waals surface area contributed by atoms with Crippen LogP contribution in [-0.2, 0) is 4.79 Å². The van der Waals surface area contributed by atoms with Gasteiger partial charge in [-0.25, -0.2) is 14.4 Å². The van der Waals surface area contributed by atoms with Crippen LogP contribution in [-0.4, -0.2) is 26.2 Å². The van der Waals surface area contributed by atoms with Crippen LogP contribution in [0.3, 0.4) is 0 Å². The minimum absolute atomic E-state index is 0.305. The zero-order valence-electron chi connectivity index (χ0n) is 11.6. The molecule has 8 heteroatoms. The van der Waals surface area contributed by atoms with Crippen molar-refractivity contribution in [3.05, 3.63) is 47.6 Å². The molecule has 1 unspecified atom stereocenters. The molecule has 0 bridgehead atoms. The van der Waals surface area contributed by atoms with Crippen LogP contribution < -0.4 is 5.32 Å². The molecule has 0 saturated carbocycles. The minimum Gasteiger partial charge on any atom is -0.349 e. The lowest BCUT2D eigenvalue weighted by molar-refractivity contribution is -0.110. The molecule has 0 fully saturated rings. The van der Waals surface area contributed by atoms with Crippen LogP contribution in [0.1, 0.15) is 18.8 Å². The van der Waals surface area contributed by atoms with E-state index in [4.69, 9.17) is 0 Å². The SMILES string of the molecule is CC(NC=O)c1ncnn1-c1nc(-c2ccccc2F)cs1. The molecule has 2 aromatic heterocycles. The van der Waals surface area contributed by atoms with Crippen LogP contribution in [0.15, 0.2) is 36.0 Å². The standard InChI is InChI=1S/C14H12FN5OS/c1-9(17-8-21)13-16-7-18-20(13)14-19-12(6-22-14)10-4-2-3-5-11(10)15/h2-9H,1H3,(H,17,21). The maximum atomic E-state index is 13.8. The summed E-state index contributed by atoms with van der Waals surface area (Å²) in [5.41, 5.74) is 0.973. The van der Waals surface area contributed by atoms with E-state index < -0.39 is 0 Å². The Morgan fingerprint density at radius 3 is 3.00 bits per heavy atom. The highest BCUT2D eigenvalue weighted by Crippen LogP contribution is 2.26. The Hall–Kier alpha value is -2.61. The summed E-state index contributed by atoms with van der Waals surface area (Å²) in [6, 6.07) is 6.15. The van der Waals surface area contributed by atoms with E-state index in [-0.39, 0.29) is 11.9 Å². The number of nitrogens with zero attached hydrogens (tertiary/aromatic N) is 4. The summed E-state index contributed by atoms with van der Waals surface area (Å²) in [6.45, 7) is 1.79. The number of carbonyl (C=O) groups excluding carboxylic acids is 1. The van der Waals surface area contributed by atoms with Gasteiger partial charge in [0.2, 0.25) is 11.5 Å². The summed E-state index contributed by atoms with van der Waals surface area (Å²) < 4.78 is 15.4. The van der Waals surface area contributed by atoms with E-state index in [1.807, 2.05) is 0 Å². The first kappa shape index (κ1) is 14.3. The van der Waals surface area contributed by atoms with Crippen LogP contribution in [0.5, 0.6) is 0 Å². The third kappa shape index (κ3) is 2.60. The molecule has 2 heterocycles. The van der Waals surface area contributed by atoms with E-state index in [1.54, 1.807) is 30.5 Å². The monoisotopic (exact) mass is 317 g/mol. The van der Waals surface area contributed by atoms with Gasteiger partial charge in [0, 0.05) is 10.9 Å². The summed E-state index contributed by atoms with van der Waals surface area (Å²) in [7, 11) is 0. The Labute approximate surface area is 129 Å². The number of thiazole rings is 1. The highest BCUT2D eigenvalue weighted by atomic mass is 32.1. The van der Waals surface area contributed by atoms with E-state index in [0.717, 1.165) is 0 Å². The number of nitrogens with one attached hydrogen (secondary N) is 1. The smallest absolute Gasteiger partial charge is 0.212 e. The molecule has 0 aliphatic carbocycles. The van der Waals surface area contributed by atoms with Crippen LogP contribution in [0.4, 0.5) is 4.39 Å². The van der Waals surface area contributed by atoms with Crippen LogP contribution in [0.2, 0.25) is 0 Å². The molecular weight excluding hydrogens is 305 g/mol. The van der Waals surface area contributed by atoms with E-state index in [2.05, 4.69) is 20.4 Å². The number of aromatic nitrogens is 4. The number of amides is 1. The minimum atomic E-state index is -0.325. The molecule has 0 spiro atoms. The van der Waals surface area contributed by atoms with Crippen molar-refractivity contribution in [2.75, 3.05) is 0 Å². The molecule has 0 aliphatic rings. The second-order valence-corrected chi connectivity index (χ2v) is 5.37. The quantitative estimate of drug-likeness (QED) is 0.733. The predicted octanol–water partition coefficient (Wildman–Crippen LogP) is 2.34. The molecule has 1 aromatic carbocycles. The van der Waals surface area contributed by atoms with Gasteiger partial charge in [0.1, 0.15) is 12.1 Å². The molecule has 0 radical (unpaired) electrons. The molecule has 1 amide bonds. The van der Waals surface area contributed by atoms with E-state index >= 15 is 0 Å². The van der Waals surface area contributed by atoms with Crippen molar-refractivity contribution in [2.45, 2.75) is 13.0 Å². The Bertz CT molecular complexity index is 800. The first-order valence-corrected chi connectivity index (χ1v) is 7.39. The molecule has 3 rings (SSSR count). The molecule has 3 aromatic rings. The van der Waals surface area contributed by atoms with Gasteiger partial charge in [-0.2, -0.15) is 9.78 Å². The lowest BCUT2D eigenvalue weighted by atomic mass is 10.2. The number of carbonyl (C=O) groups is 1. The van der Waals surface area contributed by atoms with Gasteiger partial charge in [0.05, 0.1) is 11.7 Å². The lowest BCUT2D eigenvalue weighted by Crippen LogP contribution is -2.20. The van der Waals surface area contributed by atoms with E-state index in [1.165, 1.54) is 28.4 Å². The fourth-order valence-corrected chi connectivity index (χ4v) is 2.81. The summed E-state index contributed by atoms with van der Waals surface area (Å²) in [5, 5.41) is 9.06. The average Bonchev–Trinajstić information content (AvgIpc) is 3.17. The van der Waals surface area contributed by atoms with Gasteiger partial charge >= 0.3 is 0 Å². The Kier molecular flexibility index (Phi) is 3.92. The zero-order chi connectivity index (χ0) is 15.5. The van der Waals surface area contributed by atoms with Crippen LogP contribution in [0.25, 0.3) is 16.4 Å². The summed E-state index contributed by atoms with van der Waals surface area (Å²) in [4.78, 5) is 19.1. The van der Waals surface area contributed by atoms with Gasteiger partial charge in [-0.05, 0) is 19.1 Å². The van der Waals surface area contributed by atoms with E-state index in [9.17, 15) is 9.18 Å². The Morgan fingerprint density at radius 1 is 1.41 bits per heavy atom. The van der Waals surface area contributed by atoms with Crippen molar-refractivity contribution in [3.8, 4) is 16.4 Å². The second-order valence-electron chi connectivity index (χ2n) is 4.53. The number of hydrogen-bond donors (Lipinski definition) is 1. The van der Waals surface area contributed by atoms with Crippen molar-refractivity contribution >= 4 is 17.7 Å². The molecule has 1 atom stereocenters. The van der Waals surface area contributed by atoms with Crippen molar-refractivity contribution in [1.82, 2.24) is 25.1 Å². The third-order valence-corrected chi connectivity index (χ3v) is 3.92. The summed E-state index contributed by atoms with van der Waals surface area (Å²) in [6.07, 6.45) is 2.00. The average molecular weight is 317 g/mol. The first-order valence-electron chi connectivity index (χ1n) is 6.51. The van der Waals surface area contributed by atoms with Crippen LogP contribution in [0, 0.1) is 5.82 Å². The summed E-state index contributed by atoms with van der Waals surface area (Å²) >= 11 is 1.33. The normalized spacial score (nSPS) is 12.1. The maximum absolute atomic E-state index is 13.8. The molecular formula is C14H12FN5OS. The fourth-order valence-electron chi connectivity index (χ4n) is 2.02. The van der Waals surface area contributed by atoms with Crippen molar-refractivity contribution in [3.63, 3.8) is 0 Å². The van der Waals surface area contributed by atoms with Gasteiger partial charge in [-0.1, -0.05) is 12.1 Å². The molecule has 0 saturated heterocycles. The number of hydrogen-bond acceptors (Lipinski definition) is 5. The largest absolute Gasteiger partial charge is 0.349 e. The van der Waals surface area contributed by atoms with E-state index in [0.29, 0.717) is 28.6 Å². The molecule has 1 N–H and O–H groups in total. The van der Waals surface area contributed by atoms with Gasteiger partial charge in [-0.15, -0.1) is 11.3 Å². The lowest BCUT2D eigenvalue weighted by Gasteiger charge is -2.09. The van der Waals surface area contributed by atoms with Crippen molar-refractivity contribution < 1.29 is 9.18 Å². The second kappa shape index (κ2) is 6.02. The van der Waals surface area contributed by atoms with Gasteiger partial charge < -0.3 is 5.32 Å². The maximum Gasteiger partial charge on any atom is 0.212 e. The number of benzene rings is 1. The molecule has 0 aliphatic heterocycles. The molecule has 112 valence electrons. The Morgan fingerprint density at radius 2 is 2.23 bits per heavy atom. The number of rotatable bonds is 5. The topological polar surface area (TPSA) is 72.7 Å². The van der Waals surface area contributed by atoms with Crippen molar-refractivity contribution in [1.29, 1.82) is 0 Å². The highest BCUT2D eigenvalue weighted by Gasteiger charge is 2.17. The van der Waals surface area contributed by atoms with Gasteiger partial charge in [0.25, 0.3) is 0 Å². The highest BCUT2D eigenvalue weighted by molar-refractivity contribution is 7.12. The first-order chi connectivity index (χ1) is 10.7. The number of halogens is 1. The molecule has 22 heavy (non-hydrogen) atoms. The van der Waals surface area contributed by atoms with Gasteiger partial charge in [0.15, 0.2) is 5.82 Å².